The standard InChI is InChI=1S/C16H23N5O2/c1-2-21-10-13(8-18-21)7-16(23)19-14-5-12(6-15(14)22)9-20-4-3-17-11-20/h3-4,8,10-12,14-15,22H,2,5-7,9H2,1H3,(H,19,23)/t12?,14-,15-/m1/s1. The summed E-state index contributed by atoms with van der Waals surface area (Å²) in [5.41, 5.74) is 0.895. The van der Waals surface area contributed by atoms with Crippen LogP contribution >= 0.6 is 0 Å². The van der Waals surface area contributed by atoms with E-state index in [2.05, 4.69) is 15.4 Å². The van der Waals surface area contributed by atoms with Crippen molar-refractivity contribution >= 4 is 5.91 Å². The molecule has 1 unspecified atom stereocenters. The third-order valence-corrected chi connectivity index (χ3v) is 4.38. The second-order valence-electron chi connectivity index (χ2n) is 6.22. The molecule has 2 N–H and O–H groups in total. The predicted molar refractivity (Wildman–Crippen MR) is 84.5 cm³/mol. The highest BCUT2D eigenvalue weighted by Crippen LogP contribution is 2.27. The first-order valence-electron chi connectivity index (χ1n) is 8.08. The van der Waals surface area contributed by atoms with Crippen molar-refractivity contribution in [3.63, 3.8) is 0 Å². The van der Waals surface area contributed by atoms with Crippen LogP contribution in [0.4, 0.5) is 0 Å². The first kappa shape index (κ1) is 15.7. The molecular formula is C16H23N5O2. The Morgan fingerprint density at radius 3 is 3.04 bits per heavy atom. The molecule has 124 valence electrons. The third kappa shape index (κ3) is 3.98. The summed E-state index contributed by atoms with van der Waals surface area (Å²) < 4.78 is 3.81. The summed E-state index contributed by atoms with van der Waals surface area (Å²) in [7, 11) is 0. The zero-order valence-corrected chi connectivity index (χ0v) is 13.3. The Morgan fingerprint density at radius 2 is 2.35 bits per heavy atom. The van der Waals surface area contributed by atoms with Gasteiger partial charge in [-0.1, -0.05) is 0 Å². The van der Waals surface area contributed by atoms with Crippen LogP contribution in [0.25, 0.3) is 0 Å². The van der Waals surface area contributed by atoms with Crippen LogP contribution in [0.3, 0.4) is 0 Å². The number of carbonyl (C=O) groups is 1. The maximum Gasteiger partial charge on any atom is 0.224 e. The Morgan fingerprint density at radius 1 is 1.48 bits per heavy atom. The van der Waals surface area contributed by atoms with Crippen molar-refractivity contribution in [1.82, 2.24) is 24.6 Å². The first-order valence-corrected chi connectivity index (χ1v) is 8.08. The van der Waals surface area contributed by atoms with Gasteiger partial charge in [-0.3, -0.25) is 9.48 Å². The van der Waals surface area contributed by atoms with Gasteiger partial charge in [0, 0.05) is 31.7 Å². The van der Waals surface area contributed by atoms with Crippen molar-refractivity contribution in [2.75, 3.05) is 0 Å². The number of nitrogens with zero attached hydrogens (tertiary/aromatic N) is 4. The van der Waals surface area contributed by atoms with Gasteiger partial charge in [0.15, 0.2) is 0 Å². The Hall–Kier alpha value is -2.15. The maximum atomic E-state index is 12.2. The fraction of sp³-hybridized carbons (Fsp3) is 0.562. The van der Waals surface area contributed by atoms with Crippen molar-refractivity contribution in [1.29, 1.82) is 0 Å². The van der Waals surface area contributed by atoms with Crippen LogP contribution in [-0.4, -0.2) is 42.5 Å². The lowest BCUT2D eigenvalue weighted by molar-refractivity contribution is -0.121. The fourth-order valence-electron chi connectivity index (χ4n) is 3.23. The zero-order valence-electron chi connectivity index (χ0n) is 13.3. The second-order valence-corrected chi connectivity index (χ2v) is 6.22. The van der Waals surface area contributed by atoms with E-state index in [4.69, 9.17) is 0 Å². The lowest BCUT2D eigenvalue weighted by atomic mass is 10.1. The Kier molecular flexibility index (Phi) is 4.76. The molecule has 1 saturated carbocycles. The molecule has 3 rings (SSSR count). The molecule has 0 aliphatic heterocycles. The molecule has 2 aromatic rings. The number of carbonyl (C=O) groups excluding carboxylic acids is 1. The van der Waals surface area contributed by atoms with Crippen LogP contribution < -0.4 is 5.32 Å². The molecule has 3 atom stereocenters. The molecular weight excluding hydrogens is 294 g/mol. The van der Waals surface area contributed by atoms with Crippen molar-refractivity contribution < 1.29 is 9.90 Å². The number of imidazole rings is 1. The highest BCUT2D eigenvalue weighted by molar-refractivity contribution is 5.78. The van der Waals surface area contributed by atoms with Gasteiger partial charge >= 0.3 is 0 Å². The lowest BCUT2D eigenvalue weighted by Crippen LogP contribution is -2.40. The van der Waals surface area contributed by atoms with E-state index in [0.717, 1.165) is 25.1 Å². The van der Waals surface area contributed by atoms with Gasteiger partial charge in [-0.05, 0) is 31.2 Å². The second kappa shape index (κ2) is 6.95. The topological polar surface area (TPSA) is 85.0 Å². The van der Waals surface area contributed by atoms with E-state index in [0.29, 0.717) is 18.8 Å². The number of rotatable bonds is 6. The van der Waals surface area contributed by atoms with E-state index < -0.39 is 6.10 Å². The molecule has 1 aliphatic rings. The van der Waals surface area contributed by atoms with Crippen molar-refractivity contribution in [3.05, 3.63) is 36.7 Å². The van der Waals surface area contributed by atoms with Crippen molar-refractivity contribution in [3.8, 4) is 0 Å². The Labute approximate surface area is 135 Å². The van der Waals surface area contributed by atoms with E-state index in [9.17, 15) is 9.90 Å². The minimum absolute atomic E-state index is 0.0621. The summed E-state index contributed by atoms with van der Waals surface area (Å²) in [4.78, 5) is 16.2. The maximum absolute atomic E-state index is 12.2. The van der Waals surface area contributed by atoms with Gasteiger partial charge in [-0.2, -0.15) is 5.10 Å². The molecule has 7 heteroatoms. The Balaban J connectivity index is 1.50. The third-order valence-electron chi connectivity index (χ3n) is 4.38. The summed E-state index contributed by atoms with van der Waals surface area (Å²) >= 11 is 0. The van der Waals surface area contributed by atoms with Crippen LogP contribution in [-0.2, 0) is 24.3 Å². The summed E-state index contributed by atoms with van der Waals surface area (Å²) in [5.74, 6) is 0.292. The molecule has 0 saturated heterocycles. The van der Waals surface area contributed by atoms with Gasteiger partial charge in [0.2, 0.25) is 5.91 Å². The van der Waals surface area contributed by atoms with Crippen LogP contribution in [0.5, 0.6) is 0 Å². The molecule has 0 radical (unpaired) electrons. The van der Waals surface area contributed by atoms with E-state index >= 15 is 0 Å². The summed E-state index contributed by atoms with van der Waals surface area (Å²) in [6, 6.07) is -0.169. The summed E-state index contributed by atoms with van der Waals surface area (Å²) in [6.45, 7) is 3.62. The van der Waals surface area contributed by atoms with E-state index in [1.165, 1.54) is 0 Å². The number of nitrogens with one attached hydrogen (secondary N) is 1. The van der Waals surface area contributed by atoms with Gasteiger partial charge in [0.25, 0.3) is 0 Å². The molecule has 1 amide bonds. The van der Waals surface area contributed by atoms with Gasteiger partial charge in [-0.15, -0.1) is 0 Å². The average Bonchev–Trinajstić information content (AvgIpc) is 3.23. The van der Waals surface area contributed by atoms with E-state index in [-0.39, 0.29) is 11.9 Å². The quantitative estimate of drug-likeness (QED) is 0.817. The predicted octanol–water partition coefficient (Wildman–Crippen LogP) is 0.598. The monoisotopic (exact) mass is 317 g/mol. The molecule has 2 aromatic heterocycles. The number of aliphatic hydroxyl groups excluding tert-OH is 1. The molecule has 23 heavy (non-hydrogen) atoms. The summed E-state index contributed by atoms with van der Waals surface area (Å²) in [6.07, 6.45) is 10.4. The number of aryl methyl sites for hydroxylation is 1. The number of hydrogen-bond acceptors (Lipinski definition) is 4. The van der Waals surface area contributed by atoms with Crippen LogP contribution in [0.15, 0.2) is 31.1 Å². The average molecular weight is 317 g/mol. The smallest absolute Gasteiger partial charge is 0.224 e. The number of amides is 1. The molecule has 7 nitrogen and oxygen atoms in total. The summed E-state index contributed by atoms with van der Waals surface area (Å²) in [5, 5.41) is 17.3. The lowest BCUT2D eigenvalue weighted by Gasteiger charge is -2.16. The number of hydrogen-bond donors (Lipinski definition) is 2. The van der Waals surface area contributed by atoms with Crippen LogP contribution in [0, 0.1) is 5.92 Å². The fourth-order valence-corrected chi connectivity index (χ4v) is 3.23. The van der Waals surface area contributed by atoms with Crippen molar-refractivity contribution in [2.45, 2.75) is 51.4 Å². The normalized spacial score (nSPS) is 24.0. The number of aliphatic hydroxyl groups is 1. The SMILES string of the molecule is CCn1cc(CC(=O)N[C@@H]2CC(Cn3ccnc3)C[C@H]2O)cn1. The molecule has 2 heterocycles. The van der Waals surface area contributed by atoms with Gasteiger partial charge in [-0.25, -0.2) is 4.98 Å². The zero-order chi connectivity index (χ0) is 16.2. The van der Waals surface area contributed by atoms with E-state index in [1.54, 1.807) is 23.4 Å². The van der Waals surface area contributed by atoms with Crippen LogP contribution in [0.1, 0.15) is 25.3 Å². The highest BCUT2D eigenvalue weighted by Gasteiger charge is 2.33. The van der Waals surface area contributed by atoms with Crippen molar-refractivity contribution in [2.24, 2.45) is 5.92 Å². The molecule has 0 bridgehead atoms. The van der Waals surface area contributed by atoms with E-state index in [1.807, 2.05) is 23.9 Å². The van der Waals surface area contributed by atoms with Gasteiger partial charge in [0.1, 0.15) is 0 Å². The molecule has 0 aromatic carbocycles. The molecule has 1 aliphatic carbocycles. The number of aromatic nitrogens is 4. The van der Waals surface area contributed by atoms with Gasteiger partial charge in [0.05, 0.1) is 31.1 Å². The molecule has 1 fully saturated rings. The molecule has 0 spiro atoms. The first-order chi connectivity index (χ1) is 11.1. The highest BCUT2D eigenvalue weighted by atomic mass is 16.3. The largest absolute Gasteiger partial charge is 0.391 e. The Bertz CT molecular complexity index is 637. The van der Waals surface area contributed by atoms with Gasteiger partial charge < -0.3 is 15.0 Å². The van der Waals surface area contributed by atoms with Crippen LogP contribution in [0.2, 0.25) is 0 Å². The minimum atomic E-state index is -0.481. The minimum Gasteiger partial charge on any atom is -0.391 e.